The van der Waals surface area contributed by atoms with Crippen LogP contribution in [0.2, 0.25) is 0 Å². The Labute approximate surface area is 152 Å². The molecule has 1 heterocycles. The molecule has 0 aliphatic rings. The second-order valence-electron chi connectivity index (χ2n) is 5.76. The number of hydrogen-bond acceptors (Lipinski definition) is 2. The van der Waals surface area contributed by atoms with Crippen LogP contribution in [0.3, 0.4) is 0 Å². The summed E-state index contributed by atoms with van der Waals surface area (Å²) in [5.74, 6) is -0.233. The van der Waals surface area contributed by atoms with Gasteiger partial charge in [-0.2, -0.15) is 0 Å². The number of carbonyl (C=O) groups is 1. The van der Waals surface area contributed by atoms with Crippen LogP contribution >= 0.6 is 12.2 Å². The first-order valence-electron chi connectivity index (χ1n) is 8.09. The van der Waals surface area contributed by atoms with E-state index in [0.29, 0.717) is 10.7 Å². The summed E-state index contributed by atoms with van der Waals surface area (Å²) < 4.78 is 1.93. The van der Waals surface area contributed by atoms with Crippen LogP contribution in [0.1, 0.15) is 22.8 Å². The average Bonchev–Trinajstić information content (AvgIpc) is 2.97. The van der Waals surface area contributed by atoms with E-state index in [1.54, 1.807) is 0 Å². The molecule has 0 radical (unpaired) electrons. The molecular weight excluding hydrogens is 332 g/mol. The highest BCUT2D eigenvalue weighted by molar-refractivity contribution is 7.80. The minimum absolute atomic E-state index is 0.233. The van der Waals surface area contributed by atoms with Gasteiger partial charge >= 0.3 is 0 Å². The van der Waals surface area contributed by atoms with Crippen molar-refractivity contribution in [2.45, 2.75) is 13.3 Å². The average molecular weight is 352 g/mol. The highest BCUT2D eigenvalue weighted by atomic mass is 32.1. The van der Waals surface area contributed by atoms with Crippen LogP contribution in [-0.4, -0.2) is 15.6 Å². The SMILES string of the molecule is CCc1cccc(NC(=S)NNC(=O)c2cn(C)c3ccccc23)c1. The number of rotatable bonds is 3. The summed E-state index contributed by atoms with van der Waals surface area (Å²) in [6.45, 7) is 2.10. The zero-order valence-electron chi connectivity index (χ0n) is 14.2. The highest BCUT2D eigenvalue weighted by Crippen LogP contribution is 2.19. The van der Waals surface area contributed by atoms with E-state index in [0.717, 1.165) is 23.0 Å². The first kappa shape index (κ1) is 17.0. The molecule has 2 aromatic carbocycles. The fourth-order valence-corrected chi connectivity index (χ4v) is 2.90. The van der Waals surface area contributed by atoms with Crippen LogP contribution in [0.4, 0.5) is 5.69 Å². The molecule has 3 aromatic rings. The van der Waals surface area contributed by atoms with Gasteiger partial charge in [-0.3, -0.25) is 15.6 Å². The number of amides is 1. The lowest BCUT2D eigenvalue weighted by Crippen LogP contribution is -2.43. The topological polar surface area (TPSA) is 58.1 Å². The number of hydrogen-bond donors (Lipinski definition) is 3. The van der Waals surface area contributed by atoms with Crippen molar-refractivity contribution in [2.24, 2.45) is 7.05 Å². The molecule has 1 amide bonds. The van der Waals surface area contributed by atoms with Crippen molar-refractivity contribution in [1.29, 1.82) is 0 Å². The van der Waals surface area contributed by atoms with E-state index in [2.05, 4.69) is 29.2 Å². The highest BCUT2D eigenvalue weighted by Gasteiger charge is 2.13. The molecule has 0 aliphatic carbocycles. The van der Waals surface area contributed by atoms with Gasteiger partial charge in [0.1, 0.15) is 0 Å². The summed E-state index contributed by atoms with van der Waals surface area (Å²) in [6.07, 6.45) is 2.76. The monoisotopic (exact) mass is 352 g/mol. The quantitative estimate of drug-likeness (QED) is 0.500. The molecule has 1 aromatic heterocycles. The lowest BCUT2D eigenvalue weighted by Gasteiger charge is -2.12. The lowest BCUT2D eigenvalue weighted by molar-refractivity contribution is 0.0945. The van der Waals surface area contributed by atoms with Gasteiger partial charge in [0, 0.05) is 29.8 Å². The molecule has 3 rings (SSSR count). The molecule has 0 bridgehead atoms. The minimum Gasteiger partial charge on any atom is -0.350 e. The van der Waals surface area contributed by atoms with Gasteiger partial charge in [0.25, 0.3) is 5.91 Å². The number of para-hydroxylation sites is 1. The van der Waals surface area contributed by atoms with Gasteiger partial charge in [-0.15, -0.1) is 0 Å². The number of nitrogens with one attached hydrogen (secondary N) is 3. The largest absolute Gasteiger partial charge is 0.350 e. The number of nitrogens with zero attached hydrogens (tertiary/aromatic N) is 1. The standard InChI is InChI=1S/C19H20N4OS/c1-3-13-7-6-8-14(11-13)20-19(25)22-21-18(24)16-12-23(2)17-10-5-4-9-15(16)17/h4-12H,3H2,1-2H3,(H,21,24)(H2,20,22,25). The van der Waals surface area contributed by atoms with Crippen LogP contribution < -0.4 is 16.2 Å². The van der Waals surface area contributed by atoms with E-state index in [-0.39, 0.29) is 5.91 Å². The maximum atomic E-state index is 12.5. The number of aryl methyl sites for hydroxylation is 2. The first-order chi connectivity index (χ1) is 12.1. The molecule has 128 valence electrons. The molecular formula is C19H20N4OS. The molecule has 0 saturated heterocycles. The van der Waals surface area contributed by atoms with Gasteiger partial charge in [-0.1, -0.05) is 37.3 Å². The summed E-state index contributed by atoms with van der Waals surface area (Å²) in [5.41, 5.74) is 9.10. The summed E-state index contributed by atoms with van der Waals surface area (Å²) in [4.78, 5) is 12.5. The number of hydrazine groups is 1. The van der Waals surface area contributed by atoms with Gasteiger partial charge in [-0.25, -0.2) is 0 Å². The van der Waals surface area contributed by atoms with Gasteiger partial charge in [0.05, 0.1) is 5.56 Å². The fourth-order valence-electron chi connectivity index (χ4n) is 2.73. The summed E-state index contributed by atoms with van der Waals surface area (Å²) in [5, 5.41) is 4.30. The van der Waals surface area contributed by atoms with Crippen LogP contribution in [-0.2, 0) is 13.5 Å². The second kappa shape index (κ2) is 7.36. The normalized spacial score (nSPS) is 10.5. The van der Waals surface area contributed by atoms with Crippen molar-refractivity contribution in [3.63, 3.8) is 0 Å². The number of thiocarbonyl (C=S) groups is 1. The maximum absolute atomic E-state index is 12.5. The third-order valence-corrected chi connectivity index (χ3v) is 4.23. The minimum atomic E-state index is -0.233. The molecule has 25 heavy (non-hydrogen) atoms. The van der Waals surface area contributed by atoms with Crippen molar-refractivity contribution in [3.05, 3.63) is 65.9 Å². The molecule has 0 aliphatic heterocycles. The third kappa shape index (κ3) is 3.80. The predicted octanol–water partition coefficient (Wildman–Crippen LogP) is 3.37. The number of fused-ring (bicyclic) bond motifs is 1. The molecule has 0 spiro atoms. The smallest absolute Gasteiger partial charge is 0.271 e. The lowest BCUT2D eigenvalue weighted by atomic mass is 10.1. The Morgan fingerprint density at radius 3 is 2.72 bits per heavy atom. The Morgan fingerprint density at radius 2 is 1.92 bits per heavy atom. The van der Waals surface area contributed by atoms with Gasteiger partial charge in [0.2, 0.25) is 0 Å². The number of aromatic nitrogens is 1. The van der Waals surface area contributed by atoms with Crippen molar-refractivity contribution < 1.29 is 4.79 Å². The van der Waals surface area contributed by atoms with E-state index in [1.165, 1.54) is 5.56 Å². The van der Waals surface area contributed by atoms with E-state index < -0.39 is 0 Å². The third-order valence-electron chi connectivity index (χ3n) is 4.02. The van der Waals surface area contributed by atoms with Crippen LogP contribution in [0.25, 0.3) is 10.9 Å². The number of carbonyl (C=O) groups excluding carboxylic acids is 1. The molecule has 5 nitrogen and oxygen atoms in total. The van der Waals surface area contributed by atoms with Crippen molar-refractivity contribution >= 4 is 39.8 Å². The van der Waals surface area contributed by atoms with Crippen LogP contribution in [0.15, 0.2) is 54.7 Å². The van der Waals surface area contributed by atoms with E-state index in [1.807, 2.05) is 60.3 Å². The van der Waals surface area contributed by atoms with Gasteiger partial charge in [0.15, 0.2) is 5.11 Å². The number of benzene rings is 2. The zero-order valence-corrected chi connectivity index (χ0v) is 15.0. The second-order valence-corrected chi connectivity index (χ2v) is 6.17. The summed E-state index contributed by atoms with van der Waals surface area (Å²) in [6, 6.07) is 15.8. The predicted molar refractivity (Wildman–Crippen MR) is 106 cm³/mol. The fraction of sp³-hybridized carbons (Fsp3) is 0.158. The molecule has 0 saturated carbocycles. The summed E-state index contributed by atoms with van der Waals surface area (Å²) in [7, 11) is 1.92. The Hall–Kier alpha value is -2.86. The van der Waals surface area contributed by atoms with Crippen molar-refractivity contribution in [2.75, 3.05) is 5.32 Å². The Kier molecular flexibility index (Phi) is 5.00. The maximum Gasteiger partial charge on any atom is 0.271 e. The van der Waals surface area contributed by atoms with Crippen LogP contribution in [0, 0.1) is 0 Å². The summed E-state index contributed by atoms with van der Waals surface area (Å²) >= 11 is 5.24. The first-order valence-corrected chi connectivity index (χ1v) is 8.49. The Balaban J connectivity index is 1.64. The van der Waals surface area contributed by atoms with E-state index in [9.17, 15) is 4.79 Å². The van der Waals surface area contributed by atoms with Crippen LogP contribution in [0.5, 0.6) is 0 Å². The van der Waals surface area contributed by atoms with Crippen molar-refractivity contribution in [3.8, 4) is 0 Å². The Bertz CT molecular complexity index is 932. The zero-order chi connectivity index (χ0) is 17.8. The van der Waals surface area contributed by atoms with E-state index >= 15 is 0 Å². The van der Waals surface area contributed by atoms with Crippen molar-refractivity contribution in [1.82, 2.24) is 15.4 Å². The molecule has 0 atom stereocenters. The van der Waals surface area contributed by atoms with Gasteiger partial charge in [-0.05, 0) is 42.4 Å². The molecule has 0 unspecified atom stereocenters. The molecule has 3 N–H and O–H groups in total. The van der Waals surface area contributed by atoms with E-state index in [4.69, 9.17) is 12.2 Å². The molecule has 0 fully saturated rings. The Morgan fingerprint density at radius 1 is 1.12 bits per heavy atom. The number of anilines is 1. The van der Waals surface area contributed by atoms with Gasteiger partial charge < -0.3 is 9.88 Å². The molecule has 6 heteroatoms.